The number of hydrogen-bond donors (Lipinski definition) is 4. The molecule has 0 radical (unpaired) electrons. The van der Waals surface area contributed by atoms with Gasteiger partial charge in [0, 0.05) is 12.1 Å². The maximum absolute atomic E-state index is 14.6. The first kappa shape index (κ1) is 45.6. The molecule has 0 aliphatic heterocycles. The minimum absolute atomic E-state index is 0.0148. The quantitative estimate of drug-likeness (QED) is 0.0388. The van der Waals surface area contributed by atoms with Crippen LogP contribution in [0.4, 0.5) is 37.2 Å². The molecule has 0 spiro atoms. The van der Waals surface area contributed by atoms with Crippen LogP contribution < -0.4 is 26.0 Å². The van der Waals surface area contributed by atoms with Crippen LogP contribution in [0.1, 0.15) is 72.4 Å². The second kappa shape index (κ2) is 20.4. The normalized spacial score (nSPS) is 12.9. The summed E-state index contributed by atoms with van der Waals surface area (Å²) in [7, 11) is 0. The highest BCUT2D eigenvalue weighted by Gasteiger charge is 2.34. The molecule has 3 rings (SSSR count). The fourth-order valence-corrected chi connectivity index (χ4v) is 5.33. The molecule has 0 saturated carbocycles. The van der Waals surface area contributed by atoms with Gasteiger partial charge in [0.2, 0.25) is 46.6 Å². The molecule has 3 atom stereocenters. The van der Waals surface area contributed by atoms with Gasteiger partial charge < -0.3 is 30.2 Å². The lowest BCUT2D eigenvalue weighted by molar-refractivity contribution is -0.140. The molecule has 57 heavy (non-hydrogen) atoms. The molecular formula is C40H47F5N4O8. The summed E-state index contributed by atoms with van der Waals surface area (Å²) in [4.78, 5) is 66.1. The molecule has 3 aromatic carbocycles. The second-order valence-electron chi connectivity index (χ2n) is 15.0. The van der Waals surface area contributed by atoms with E-state index in [-0.39, 0.29) is 42.5 Å². The molecule has 17 heteroatoms. The van der Waals surface area contributed by atoms with Crippen molar-refractivity contribution in [2.24, 2.45) is 11.8 Å². The van der Waals surface area contributed by atoms with Gasteiger partial charge in [-0.25, -0.2) is 27.6 Å². The second-order valence-corrected chi connectivity index (χ2v) is 15.0. The molecule has 0 aromatic heterocycles. The molecule has 4 amide bonds. The Bertz CT molecular complexity index is 1880. The molecule has 0 saturated heterocycles. The molecule has 0 aliphatic rings. The van der Waals surface area contributed by atoms with Gasteiger partial charge in [-0.1, -0.05) is 70.2 Å². The fourth-order valence-electron chi connectivity index (χ4n) is 5.33. The molecule has 0 heterocycles. The Kier molecular flexibility index (Phi) is 16.4. The Morgan fingerprint density at radius 3 is 1.68 bits per heavy atom. The average molecular weight is 807 g/mol. The predicted molar refractivity (Wildman–Crippen MR) is 198 cm³/mol. The minimum Gasteiger partial charge on any atom is -0.445 e. The Hall–Kier alpha value is -5.74. The van der Waals surface area contributed by atoms with Gasteiger partial charge in [-0.15, -0.1) is 0 Å². The van der Waals surface area contributed by atoms with Crippen molar-refractivity contribution in [1.29, 1.82) is 0 Å². The number of amides is 4. The molecule has 0 aliphatic carbocycles. The van der Waals surface area contributed by atoms with E-state index in [0.29, 0.717) is 5.56 Å². The summed E-state index contributed by atoms with van der Waals surface area (Å²) in [5, 5.41) is 9.96. The number of carbonyl (C=O) groups excluding carboxylic acids is 5. The highest BCUT2D eigenvalue weighted by Crippen LogP contribution is 2.30. The zero-order chi connectivity index (χ0) is 42.6. The van der Waals surface area contributed by atoms with E-state index in [1.807, 2.05) is 0 Å². The van der Waals surface area contributed by atoms with Crippen molar-refractivity contribution < 1.29 is 60.1 Å². The summed E-state index contributed by atoms with van der Waals surface area (Å²) in [6.45, 7) is 11.9. The number of carbonyl (C=O) groups is 5. The van der Waals surface area contributed by atoms with Crippen LogP contribution in [0.3, 0.4) is 0 Å². The van der Waals surface area contributed by atoms with Gasteiger partial charge in [0.15, 0.2) is 0 Å². The third-order valence-electron chi connectivity index (χ3n) is 7.85. The number of alkyl carbamates (subject to hydrolysis) is 1. The zero-order valence-corrected chi connectivity index (χ0v) is 32.6. The SMILES string of the molecule is CC(C)C[C@H](NC(=O)[C@@H](CC(C)C)NC(=O)OCc1ccccc1)C(=O)NC(Cc1cccc(NC(=O)OC(C)(C)C)c1)C(=O)Oc1c(F)c(F)c(F)c(F)c1F. The van der Waals surface area contributed by atoms with E-state index in [4.69, 9.17) is 14.2 Å². The van der Waals surface area contributed by atoms with Crippen LogP contribution in [-0.2, 0) is 36.9 Å². The monoisotopic (exact) mass is 806 g/mol. The molecule has 4 N–H and O–H groups in total. The predicted octanol–water partition coefficient (Wildman–Crippen LogP) is 7.23. The number of hydrogen-bond acceptors (Lipinski definition) is 8. The number of rotatable bonds is 16. The lowest BCUT2D eigenvalue weighted by Crippen LogP contribution is -2.57. The van der Waals surface area contributed by atoms with Crippen LogP contribution in [0, 0.1) is 40.9 Å². The van der Waals surface area contributed by atoms with Crippen molar-refractivity contribution in [3.05, 3.63) is 94.8 Å². The number of benzene rings is 3. The standard InChI is InChI=1S/C40H47F5N4O8/c1-21(2)16-26(47-36(51)27(17-22(3)4)49-38(53)55-20-23-12-9-8-10-13-23)35(50)48-28(37(52)56-34-32(44)30(42)29(41)31(43)33(34)45)19-24-14-11-15-25(18-24)46-39(54)57-40(5,6)7/h8-15,18,21-22,26-28H,16-17,19-20H2,1-7H3,(H,46,54)(H,47,51)(H,48,50)(H,49,53)/t26-,27+,28?/m0/s1. The molecule has 1 unspecified atom stereocenters. The van der Waals surface area contributed by atoms with Crippen molar-refractivity contribution in [2.45, 2.75) is 98.1 Å². The molecule has 0 bridgehead atoms. The summed E-state index contributed by atoms with van der Waals surface area (Å²) in [5.74, 6) is -17.7. The lowest BCUT2D eigenvalue weighted by Gasteiger charge is -2.26. The van der Waals surface area contributed by atoms with Gasteiger partial charge in [0.1, 0.15) is 30.3 Å². The van der Waals surface area contributed by atoms with Crippen LogP contribution in [0.15, 0.2) is 54.6 Å². The summed E-state index contributed by atoms with van der Waals surface area (Å²) < 4.78 is 86.2. The zero-order valence-electron chi connectivity index (χ0n) is 32.6. The number of anilines is 1. The largest absolute Gasteiger partial charge is 0.445 e. The highest BCUT2D eigenvalue weighted by molar-refractivity contribution is 5.93. The molecule has 310 valence electrons. The fraction of sp³-hybridized carbons (Fsp3) is 0.425. The van der Waals surface area contributed by atoms with Crippen LogP contribution in [-0.4, -0.2) is 53.7 Å². The van der Waals surface area contributed by atoms with E-state index < -0.39 is 95.0 Å². The third-order valence-corrected chi connectivity index (χ3v) is 7.85. The van der Waals surface area contributed by atoms with Crippen molar-refractivity contribution in [2.75, 3.05) is 5.32 Å². The van der Waals surface area contributed by atoms with Crippen molar-refractivity contribution in [3.63, 3.8) is 0 Å². The van der Waals surface area contributed by atoms with Gasteiger partial charge in [-0.05, 0) is 68.7 Å². The van der Waals surface area contributed by atoms with E-state index in [2.05, 4.69) is 21.3 Å². The Morgan fingerprint density at radius 1 is 0.632 bits per heavy atom. The summed E-state index contributed by atoms with van der Waals surface area (Å²) in [6, 6.07) is 10.1. The Morgan fingerprint density at radius 2 is 1.14 bits per heavy atom. The number of nitrogens with one attached hydrogen (secondary N) is 4. The maximum atomic E-state index is 14.6. The summed E-state index contributed by atoms with van der Waals surface area (Å²) in [5.41, 5.74) is 0.257. The molecule has 0 fully saturated rings. The molecular weight excluding hydrogens is 759 g/mol. The number of ether oxygens (including phenoxy) is 3. The van der Waals surface area contributed by atoms with Crippen LogP contribution in [0.5, 0.6) is 5.75 Å². The van der Waals surface area contributed by atoms with E-state index in [1.165, 1.54) is 24.3 Å². The van der Waals surface area contributed by atoms with Gasteiger partial charge in [-0.3, -0.25) is 14.9 Å². The van der Waals surface area contributed by atoms with Crippen molar-refractivity contribution >= 4 is 35.7 Å². The lowest BCUT2D eigenvalue weighted by atomic mass is 9.99. The van der Waals surface area contributed by atoms with Crippen molar-refractivity contribution in [1.82, 2.24) is 16.0 Å². The van der Waals surface area contributed by atoms with Crippen LogP contribution >= 0.6 is 0 Å². The van der Waals surface area contributed by atoms with Gasteiger partial charge in [0.05, 0.1) is 0 Å². The van der Waals surface area contributed by atoms with Crippen LogP contribution in [0.2, 0.25) is 0 Å². The van der Waals surface area contributed by atoms with Gasteiger partial charge in [-0.2, -0.15) is 8.78 Å². The average Bonchev–Trinajstić information content (AvgIpc) is 3.12. The first-order valence-corrected chi connectivity index (χ1v) is 18.0. The number of esters is 1. The summed E-state index contributed by atoms with van der Waals surface area (Å²) in [6.07, 6.45) is -2.11. The molecule has 3 aromatic rings. The smallest absolute Gasteiger partial charge is 0.412 e. The van der Waals surface area contributed by atoms with Crippen molar-refractivity contribution in [3.8, 4) is 5.75 Å². The third kappa shape index (κ3) is 14.4. The van der Waals surface area contributed by atoms with E-state index in [0.717, 1.165) is 0 Å². The van der Waals surface area contributed by atoms with Crippen LogP contribution in [0.25, 0.3) is 0 Å². The van der Waals surface area contributed by atoms with E-state index in [9.17, 15) is 45.9 Å². The van der Waals surface area contributed by atoms with E-state index >= 15 is 0 Å². The minimum atomic E-state index is -2.48. The Labute approximate surface area is 327 Å². The van der Waals surface area contributed by atoms with Gasteiger partial charge in [0.25, 0.3) is 0 Å². The summed E-state index contributed by atoms with van der Waals surface area (Å²) >= 11 is 0. The number of halogens is 5. The maximum Gasteiger partial charge on any atom is 0.412 e. The first-order valence-electron chi connectivity index (χ1n) is 18.0. The highest BCUT2D eigenvalue weighted by atomic mass is 19.2. The topological polar surface area (TPSA) is 161 Å². The first-order chi connectivity index (χ1) is 26.6. The van der Waals surface area contributed by atoms with E-state index in [1.54, 1.807) is 78.8 Å². The molecule has 12 nitrogen and oxygen atoms in total. The van der Waals surface area contributed by atoms with Gasteiger partial charge >= 0.3 is 18.2 Å². The Balaban J connectivity index is 1.91.